The molecule has 0 amide bonds. The molecule has 2 heterocycles. The Bertz CT molecular complexity index is 1140. The molecule has 3 aromatic rings. The van der Waals surface area contributed by atoms with Crippen LogP contribution in [-0.4, -0.2) is 50.6 Å². The van der Waals surface area contributed by atoms with Gasteiger partial charge in [0.05, 0.1) is 24.1 Å². The Morgan fingerprint density at radius 1 is 1.21 bits per heavy atom. The van der Waals surface area contributed by atoms with Gasteiger partial charge in [-0.3, -0.25) is 0 Å². The number of aromatic nitrogens is 2. The van der Waals surface area contributed by atoms with E-state index in [0.29, 0.717) is 24.0 Å². The third kappa shape index (κ3) is 3.58. The van der Waals surface area contributed by atoms with Crippen molar-refractivity contribution >= 4 is 15.7 Å². The summed E-state index contributed by atoms with van der Waals surface area (Å²) in [5.41, 5.74) is 2.74. The van der Waals surface area contributed by atoms with Crippen LogP contribution in [0.4, 0.5) is 5.69 Å². The van der Waals surface area contributed by atoms with E-state index < -0.39 is 10.0 Å². The van der Waals surface area contributed by atoms with Gasteiger partial charge < -0.3 is 14.2 Å². The molecule has 0 saturated heterocycles. The zero-order valence-electron chi connectivity index (χ0n) is 16.5. The average molecular weight is 414 g/mol. The Labute approximate surface area is 169 Å². The van der Waals surface area contributed by atoms with Crippen molar-refractivity contribution in [3.05, 3.63) is 53.9 Å². The fraction of sp³-hybridized carbons (Fsp3) is 0.300. The maximum absolute atomic E-state index is 12.5. The molecule has 0 radical (unpaired) electrons. The molecule has 0 aliphatic carbocycles. The summed E-state index contributed by atoms with van der Waals surface area (Å²) < 4.78 is 37.0. The molecule has 1 aromatic heterocycles. The Kier molecular flexibility index (Phi) is 5.01. The van der Waals surface area contributed by atoms with Gasteiger partial charge in [-0.05, 0) is 36.2 Å². The summed E-state index contributed by atoms with van der Waals surface area (Å²) in [5.74, 6) is 1.59. The Hall–Kier alpha value is -2.91. The monoisotopic (exact) mass is 414 g/mol. The summed E-state index contributed by atoms with van der Waals surface area (Å²) in [4.78, 5) is 6.83. The van der Waals surface area contributed by atoms with Crippen molar-refractivity contribution in [1.29, 1.82) is 0 Å². The zero-order valence-corrected chi connectivity index (χ0v) is 17.3. The summed E-state index contributed by atoms with van der Waals surface area (Å²) >= 11 is 0. The molecule has 0 atom stereocenters. The lowest BCUT2D eigenvalue weighted by molar-refractivity contribution is 0.376. The minimum atomic E-state index is -3.49. The second-order valence-corrected chi connectivity index (χ2v) is 9.11. The van der Waals surface area contributed by atoms with Gasteiger partial charge in [0.15, 0.2) is 0 Å². The predicted octanol–water partition coefficient (Wildman–Crippen LogP) is 2.56. The van der Waals surface area contributed by atoms with E-state index in [9.17, 15) is 8.42 Å². The van der Waals surface area contributed by atoms with Crippen LogP contribution < -0.4 is 9.64 Å². The molecular weight excluding hydrogens is 392 g/mol. The number of nitrogens with zero attached hydrogens (tertiary/aromatic N) is 4. The molecule has 0 N–H and O–H groups in total. The van der Waals surface area contributed by atoms with Crippen molar-refractivity contribution in [1.82, 2.24) is 14.4 Å². The van der Waals surface area contributed by atoms with E-state index in [1.165, 1.54) is 18.4 Å². The smallest absolute Gasteiger partial charge is 0.246 e. The van der Waals surface area contributed by atoms with Crippen molar-refractivity contribution in [3.8, 4) is 17.1 Å². The minimum Gasteiger partial charge on any atom is -0.496 e. The van der Waals surface area contributed by atoms with Gasteiger partial charge in [0, 0.05) is 26.3 Å². The van der Waals surface area contributed by atoms with Gasteiger partial charge in [-0.1, -0.05) is 23.4 Å². The van der Waals surface area contributed by atoms with Crippen molar-refractivity contribution in [2.75, 3.05) is 32.6 Å². The lowest BCUT2D eigenvalue weighted by atomic mass is 10.2. The van der Waals surface area contributed by atoms with Gasteiger partial charge in [0.2, 0.25) is 21.7 Å². The van der Waals surface area contributed by atoms with Gasteiger partial charge in [-0.15, -0.1) is 0 Å². The van der Waals surface area contributed by atoms with E-state index in [-0.39, 0.29) is 4.90 Å². The van der Waals surface area contributed by atoms with Crippen LogP contribution in [0.3, 0.4) is 0 Å². The molecule has 0 fully saturated rings. The Morgan fingerprint density at radius 2 is 2.00 bits per heavy atom. The van der Waals surface area contributed by atoms with Gasteiger partial charge in [-0.2, -0.15) is 4.98 Å². The van der Waals surface area contributed by atoms with Gasteiger partial charge >= 0.3 is 0 Å². The van der Waals surface area contributed by atoms with Gasteiger partial charge in [0.1, 0.15) is 5.75 Å². The number of anilines is 1. The third-order valence-corrected chi connectivity index (χ3v) is 6.78. The molecule has 0 bridgehead atoms. The molecule has 1 aliphatic rings. The van der Waals surface area contributed by atoms with Crippen LogP contribution in [0.2, 0.25) is 0 Å². The van der Waals surface area contributed by atoms with Crippen molar-refractivity contribution < 1.29 is 17.7 Å². The van der Waals surface area contributed by atoms with E-state index in [0.717, 1.165) is 29.8 Å². The SMILES string of the molecule is COc1ccccc1-c1noc(CN2CCc3ccc(S(=O)(=O)N(C)C)cc32)n1. The van der Waals surface area contributed by atoms with Crippen molar-refractivity contribution in [2.24, 2.45) is 0 Å². The maximum Gasteiger partial charge on any atom is 0.246 e. The molecule has 0 unspecified atom stereocenters. The number of fused-ring (bicyclic) bond motifs is 1. The second-order valence-electron chi connectivity index (χ2n) is 6.96. The van der Waals surface area contributed by atoms with E-state index in [1.54, 1.807) is 19.2 Å². The highest BCUT2D eigenvalue weighted by Crippen LogP contribution is 2.33. The third-order valence-electron chi connectivity index (χ3n) is 4.97. The standard InChI is InChI=1S/C20H22N4O4S/c1-23(2)29(25,26)15-9-8-14-10-11-24(17(14)12-15)13-19-21-20(22-28-19)16-6-4-5-7-18(16)27-3/h4-9,12H,10-11,13H2,1-3H3. The number of rotatable bonds is 6. The Balaban J connectivity index is 1.60. The highest BCUT2D eigenvalue weighted by atomic mass is 32.2. The first kappa shape index (κ1) is 19.4. The number of hydrogen-bond acceptors (Lipinski definition) is 7. The molecule has 0 spiro atoms. The van der Waals surface area contributed by atoms with E-state index in [4.69, 9.17) is 9.26 Å². The Morgan fingerprint density at radius 3 is 2.76 bits per heavy atom. The second kappa shape index (κ2) is 7.49. The summed E-state index contributed by atoms with van der Waals surface area (Å²) in [6.45, 7) is 1.16. The van der Waals surface area contributed by atoms with Gasteiger partial charge in [-0.25, -0.2) is 12.7 Å². The van der Waals surface area contributed by atoms with Crippen LogP contribution >= 0.6 is 0 Å². The summed E-state index contributed by atoms with van der Waals surface area (Å²) in [6, 6.07) is 12.7. The normalized spacial score (nSPS) is 13.7. The van der Waals surface area contributed by atoms with Crippen LogP contribution in [0.15, 0.2) is 51.9 Å². The van der Waals surface area contributed by atoms with Crippen LogP contribution in [0, 0.1) is 0 Å². The van der Waals surface area contributed by atoms with Gasteiger partial charge in [0.25, 0.3) is 0 Å². The average Bonchev–Trinajstić information content (AvgIpc) is 3.35. The lowest BCUT2D eigenvalue weighted by Gasteiger charge is -2.18. The predicted molar refractivity (Wildman–Crippen MR) is 108 cm³/mol. The number of sulfonamides is 1. The summed E-state index contributed by atoms with van der Waals surface area (Å²) in [6.07, 6.45) is 0.838. The molecule has 9 heteroatoms. The first-order chi connectivity index (χ1) is 13.9. The molecule has 8 nitrogen and oxygen atoms in total. The van der Waals surface area contributed by atoms with Crippen LogP contribution in [0.25, 0.3) is 11.4 Å². The lowest BCUT2D eigenvalue weighted by Crippen LogP contribution is -2.23. The topological polar surface area (TPSA) is 88.8 Å². The molecule has 29 heavy (non-hydrogen) atoms. The summed E-state index contributed by atoms with van der Waals surface area (Å²) in [7, 11) is 1.16. The van der Waals surface area contributed by atoms with Crippen LogP contribution in [-0.2, 0) is 23.0 Å². The first-order valence-corrected chi connectivity index (χ1v) is 10.6. The number of hydrogen-bond donors (Lipinski definition) is 0. The first-order valence-electron chi connectivity index (χ1n) is 9.16. The van der Waals surface area contributed by atoms with Crippen LogP contribution in [0.5, 0.6) is 5.75 Å². The number of ether oxygens (including phenoxy) is 1. The number of methoxy groups -OCH3 is 1. The molecule has 0 saturated carbocycles. The zero-order chi connectivity index (χ0) is 20.6. The highest BCUT2D eigenvalue weighted by molar-refractivity contribution is 7.89. The largest absolute Gasteiger partial charge is 0.496 e. The fourth-order valence-electron chi connectivity index (χ4n) is 3.38. The maximum atomic E-state index is 12.5. The minimum absolute atomic E-state index is 0.272. The van der Waals surface area contributed by atoms with Crippen LogP contribution in [0.1, 0.15) is 11.5 Å². The summed E-state index contributed by atoms with van der Waals surface area (Å²) in [5, 5.41) is 4.08. The molecule has 1 aliphatic heterocycles. The molecular formula is C20H22N4O4S. The number of para-hydroxylation sites is 1. The number of benzene rings is 2. The quantitative estimate of drug-likeness (QED) is 0.612. The highest BCUT2D eigenvalue weighted by Gasteiger charge is 2.25. The van der Waals surface area contributed by atoms with E-state index >= 15 is 0 Å². The molecule has 2 aromatic carbocycles. The van der Waals surface area contributed by atoms with Crippen molar-refractivity contribution in [3.63, 3.8) is 0 Å². The molecule has 4 rings (SSSR count). The molecule has 152 valence electrons. The van der Waals surface area contributed by atoms with Crippen molar-refractivity contribution in [2.45, 2.75) is 17.9 Å². The van der Waals surface area contributed by atoms with E-state index in [2.05, 4.69) is 15.0 Å². The van der Waals surface area contributed by atoms with E-state index in [1.807, 2.05) is 30.3 Å². The fourth-order valence-corrected chi connectivity index (χ4v) is 4.30.